The summed E-state index contributed by atoms with van der Waals surface area (Å²) in [6.45, 7) is 0.779. The summed E-state index contributed by atoms with van der Waals surface area (Å²) in [5, 5.41) is 4.08. The normalized spacial score (nSPS) is 16.8. The summed E-state index contributed by atoms with van der Waals surface area (Å²) in [5.41, 5.74) is 1.42. The number of carbonyl (C=O) groups excluding carboxylic acids is 1. The molecule has 6 heteroatoms. The minimum Gasteiger partial charge on any atom is -0.334 e. The van der Waals surface area contributed by atoms with Crippen molar-refractivity contribution in [3.05, 3.63) is 66.2 Å². The van der Waals surface area contributed by atoms with Crippen LogP contribution in [0, 0.1) is 0 Å². The van der Waals surface area contributed by atoms with E-state index in [4.69, 9.17) is 4.52 Å². The first-order chi connectivity index (χ1) is 12.8. The van der Waals surface area contributed by atoms with Crippen LogP contribution in [0.25, 0.3) is 11.5 Å². The van der Waals surface area contributed by atoms with Gasteiger partial charge in [-0.2, -0.15) is 4.98 Å². The Morgan fingerprint density at radius 1 is 1.15 bits per heavy atom. The van der Waals surface area contributed by atoms with Crippen LogP contribution in [-0.4, -0.2) is 38.5 Å². The van der Waals surface area contributed by atoms with Gasteiger partial charge < -0.3 is 9.42 Å². The lowest BCUT2D eigenvalue weighted by Crippen LogP contribution is -2.36. The van der Waals surface area contributed by atoms with Gasteiger partial charge >= 0.3 is 0 Å². The highest BCUT2D eigenvalue weighted by atomic mass is 16.5. The van der Waals surface area contributed by atoms with Crippen molar-refractivity contribution >= 4 is 5.91 Å². The van der Waals surface area contributed by atoms with Crippen molar-refractivity contribution < 1.29 is 9.32 Å². The van der Waals surface area contributed by atoms with Crippen LogP contribution >= 0.6 is 0 Å². The lowest BCUT2D eigenvalue weighted by molar-refractivity contribution is 0.0724. The molecule has 1 fully saturated rings. The van der Waals surface area contributed by atoms with Gasteiger partial charge in [-0.05, 0) is 43.5 Å². The fraction of sp³-hybridized carbons (Fsp3) is 0.300. The maximum absolute atomic E-state index is 12.7. The minimum atomic E-state index is 0.00573. The van der Waals surface area contributed by atoms with E-state index in [1.54, 1.807) is 12.3 Å². The molecular formula is C20H20N4O2. The zero-order chi connectivity index (χ0) is 17.8. The van der Waals surface area contributed by atoms with E-state index >= 15 is 0 Å². The Morgan fingerprint density at radius 2 is 2.00 bits per heavy atom. The molecule has 1 aliphatic heterocycles. The molecule has 1 saturated heterocycles. The number of aryl methyl sites for hydroxylation is 1. The average molecular weight is 348 g/mol. The molecule has 1 atom stereocenters. The molecule has 0 spiro atoms. The highest BCUT2D eigenvalue weighted by Gasteiger charge is 2.30. The molecule has 4 rings (SSSR count). The van der Waals surface area contributed by atoms with Gasteiger partial charge in [0.05, 0.1) is 0 Å². The van der Waals surface area contributed by atoms with Gasteiger partial charge in [-0.25, -0.2) is 0 Å². The largest absolute Gasteiger partial charge is 0.334 e. The van der Waals surface area contributed by atoms with Crippen molar-refractivity contribution in [2.24, 2.45) is 0 Å². The lowest BCUT2D eigenvalue weighted by Gasteiger charge is -2.24. The predicted molar refractivity (Wildman–Crippen MR) is 96.4 cm³/mol. The van der Waals surface area contributed by atoms with Gasteiger partial charge in [0.1, 0.15) is 5.69 Å². The van der Waals surface area contributed by atoms with Crippen molar-refractivity contribution in [3.8, 4) is 11.5 Å². The summed E-state index contributed by atoms with van der Waals surface area (Å²) in [7, 11) is 0. The van der Waals surface area contributed by atoms with Crippen molar-refractivity contribution in [2.45, 2.75) is 31.7 Å². The Labute approximate surface area is 151 Å². The molecule has 26 heavy (non-hydrogen) atoms. The Hall–Kier alpha value is -3.02. The van der Waals surface area contributed by atoms with Crippen LogP contribution in [0.15, 0.2) is 59.3 Å². The van der Waals surface area contributed by atoms with E-state index in [0.29, 0.717) is 23.8 Å². The van der Waals surface area contributed by atoms with Crippen LogP contribution in [0.4, 0.5) is 0 Å². The van der Waals surface area contributed by atoms with E-state index in [1.807, 2.05) is 47.4 Å². The quantitative estimate of drug-likeness (QED) is 0.707. The van der Waals surface area contributed by atoms with Crippen LogP contribution in [0.5, 0.6) is 0 Å². The van der Waals surface area contributed by atoms with Crippen molar-refractivity contribution in [1.82, 2.24) is 20.0 Å². The third kappa shape index (κ3) is 3.49. The molecule has 2 aromatic heterocycles. The first-order valence-electron chi connectivity index (χ1n) is 8.91. The zero-order valence-corrected chi connectivity index (χ0v) is 14.4. The fourth-order valence-electron chi connectivity index (χ4n) is 3.39. The third-order valence-corrected chi connectivity index (χ3v) is 4.71. The van der Waals surface area contributed by atoms with Gasteiger partial charge in [0.25, 0.3) is 11.8 Å². The number of pyridine rings is 1. The van der Waals surface area contributed by atoms with Gasteiger partial charge in [-0.1, -0.05) is 29.4 Å². The molecule has 0 radical (unpaired) electrons. The maximum atomic E-state index is 12.7. The molecule has 1 amide bonds. The second-order valence-corrected chi connectivity index (χ2v) is 6.43. The third-order valence-electron chi connectivity index (χ3n) is 4.71. The highest BCUT2D eigenvalue weighted by molar-refractivity contribution is 5.92. The van der Waals surface area contributed by atoms with Crippen LogP contribution in [-0.2, 0) is 6.42 Å². The molecule has 3 aromatic rings. The molecule has 1 aliphatic rings. The Bertz CT molecular complexity index is 864. The van der Waals surface area contributed by atoms with Gasteiger partial charge in [-0.3, -0.25) is 9.78 Å². The van der Waals surface area contributed by atoms with Gasteiger partial charge in [0.15, 0.2) is 5.82 Å². The van der Waals surface area contributed by atoms with Gasteiger partial charge in [0, 0.05) is 30.8 Å². The topological polar surface area (TPSA) is 72.1 Å². The molecule has 0 aliphatic carbocycles. The van der Waals surface area contributed by atoms with E-state index in [-0.39, 0.29) is 11.9 Å². The van der Waals surface area contributed by atoms with Crippen LogP contribution < -0.4 is 0 Å². The van der Waals surface area contributed by atoms with Crippen molar-refractivity contribution in [2.75, 3.05) is 6.54 Å². The van der Waals surface area contributed by atoms with Crippen LogP contribution in [0.3, 0.4) is 0 Å². The minimum absolute atomic E-state index is 0.00573. The number of hydrogen-bond donors (Lipinski definition) is 0. The molecule has 132 valence electrons. The van der Waals surface area contributed by atoms with E-state index in [9.17, 15) is 4.79 Å². The first kappa shape index (κ1) is 16.4. The van der Waals surface area contributed by atoms with E-state index < -0.39 is 0 Å². The lowest BCUT2D eigenvalue weighted by atomic mass is 10.1. The number of nitrogens with zero attached hydrogens (tertiary/aromatic N) is 4. The molecule has 1 unspecified atom stereocenters. The second kappa shape index (κ2) is 7.47. The number of benzene rings is 1. The van der Waals surface area contributed by atoms with Crippen molar-refractivity contribution in [1.29, 1.82) is 0 Å². The summed E-state index contributed by atoms with van der Waals surface area (Å²) in [6.07, 6.45) is 5.19. The van der Waals surface area contributed by atoms with E-state index in [2.05, 4.69) is 15.1 Å². The van der Waals surface area contributed by atoms with Crippen LogP contribution in [0.1, 0.15) is 35.6 Å². The van der Waals surface area contributed by atoms with E-state index in [1.165, 1.54) is 0 Å². The molecule has 6 nitrogen and oxygen atoms in total. The Balaban J connectivity index is 1.40. The molecule has 0 bridgehead atoms. The number of carbonyl (C=O) groups is 1. The number of likely N-dealkylation sites (tertiary alicyclic amines) is 1. The molecule has 1 aromatic carbocycles. The van der Waals surface area contributed by atoms with E-state index in [0.717, 1.165) is 31.4 Å². The fourth-order valence-corrected chi connectivity index (χ4v) is 3.39. The molecular weight excluding hydrogens is 328 g/mol. The smallest absolute Gasteiger partial charge is 0.272 e. The average Bonchev–Trinajstić information content (AvgIpc) is 3.36. The van der Waals surface area contributed by atoms with Crippen molar-refractivity contribution in [3.63, 3.8) is 0 Å². The summed E-state index contributed by atoms with van der Waals surface area (Å²) < 4.78 is 5.36. The van der Waals surface area contributed by atoms with Gasteiger partial charge in [0.2, 0.25) is 0 Å². The maximum Gasteiger partial charge on any atom is 0.272 e. The Kier molecular flexibility index (Phi) is 4.73. The second-order valence-electron chi connectivity index (χ2n) is 6.43. The summed E-state index contributed by atoms with van der Waals surface area (Å²) >= 11 is 0. The number of rotatable bonds is 5. The summed E-state index contributed by atoms with van der Waals surface area (Å²) in [4.78, 5) is 23.3. The standard InChI is InChI=1S/C20H20N4O2/c25-20(17-10-4-5-13-21-17)24-14-6-9-16(24)11-12-18-22-19(26-23-18)15-7-2-1-3-8-15/h1-5,7-8,10,13,16H,6,9,11-12,14H2. The molecule has 0 N–H and O–H groups in total. The van der Waals surface area contributed by atoms with Gasteiger partial charge in [-0.15, -0.1) is 0 Å². The summed E-state index contributed by atoms with van der Waals surface area (Å²) in [5.74, 6) is 1.22. The predicted octanol–water partition coefficient (Wildman–Crippen LogP) is 3.37. The number of hydrogen-bond acceptors (Lipinski definition) is 5. The first-order valence-corrected chi connectivity index (χ1v) is 8.91. The molecule has 0 saturated carbocycles. The highest BCUT2D eigenvalue weighted by Crippen LogP contribution is 2.24. The SMILES string of the molecule is O=C(c1ccccn1)N1CCCC1CCc1noc(-c2ccccc2)n1. The summed E-state index contributed by atoms with van der Waals surface area (Å²) in [6, 6.07) is 15.4. The number of amides is 1. The Morgan fingerprint density at radius 3 is 2.81 bits per heavy atom. The van der Waals surface area contributed by atoms with Crippen LogP contribution in [0.2, 0.25) is 0 Å². The zero-order valence-electron chi connectivity index (χ0n) is 14.4. The monoisotopic (exact) mass is 348 g/mol. The number of aromatic nitrogens is 3. The molecule has 3 heterocycles.